The van der Waals surface area contributed by atoms with E-state index >= 15 is 0 Å². The van der Waals surface area contributed by atoms with Gasteiger partial charge >= 0.3 is 0 Å². The third-order valence-corrected chi connectivity index (χ3v) is 3.29. The Hall–Kier alpha value is -1.93. The van der Waals surface area contributed by atoms with E-state index in [9.17, 15) is 4.39 Å². The molecule has 90 valence electrons. The molecule has 2 heteroatoms. The van der Waals surface area contributed by atoms with Crippen molar-refractivity contribution >= 4 is 21.5 Å². The number of halogens is 1. The first-order valence-corrected chi connectivity index (χ1v) is 5.96. The number of fused-ring (bicyclic) bond motifs is 2. The van der Waals surface area contributed by atoms with Gasteiger partial charge in [-0.2, -0.15) is 0 Å². The van der Waals surface area contributed by atoms with E-state index in [1.54, 1.807) is 0 Å². The van der Waals surface area contributed by atoms with E-state index in [1.165, 1.54) is 0 Å². The van der Waals surface area contributed by atoms with Crippen molar-refractivity contribution in [2.75, 3.05) is 6.61 Å². The van der Waals surface area contributed by atoms with Crippen LogP contribution in [0.15, 0.2) is 54.6 Å². The van der Waals surface area contributed by atoms with Gasteiger partial charge in [-0.3, -0.25) is 0 Å². The van der Waals surface area contributed by atoms with Crippen molar-refractivity contribution in [2.24, 2.45) is 0 Å². The number of aliphatic hydroxyl groups excluding tert-OH is 1. The summed E-state index contributed by atoms with van der Waals surface area (Å²) in [5, 5.41) is 12.9. The molecule has 3 aromatic rings. The fourth-order valence-corrected chi connectivity index (χ4v) is 2.48. The van der Waals surface area contributed by atoms with Crippen molar-refractivity contribution in [1.82, 2.24) is 0 Å². The Bertz CT molecular complexity index is 652. The molecule has 0 bridgehead atoms. The highest BCUT2D eigenvalue weighted by Crippen LogP contribution is 2.34. The van der Waals surface area contributed by atoms with Crippen LogP contribution in [-0.4, -0.2) is 11.7 Å². The molecular formula is C16H13FO. The van der Waals surface area contributed by atoms with E-state index in [-0.39, 0.29) is 0 Å². The monoisotopic (exact) mass is 240 g/mol. The summed E-state index contributed by atoms with van der Waals surface area (Å²) in [7, 11) is 0. The Balaban J connectivity index is 2.49. The number of rotatable bonds is 2. The van der Waals surface area contributed by atoms with Crippen molar-refractivity contribution in [3.8, 4) is 0 Å². The summed E-state index contributed by atoms with van der Waals surface area (Å²) >= 11 is 0. The smallest absolute Gasteiger partial charge is 0.149 e. The Morgan fingerprint density at radius 3 is 1.89 bits per heavy atom. The molecule has 0 heterocycles. The van der Waals surface area contributed by atoms with Gasteiger partial charge in [0.2, 0.25) is 0 Å². The molecule has 0 saturated carbocycles. The second-order valence-electron chi connectivity index (χ2n) is 4.38. The second-order valence-corrected chi connectivity index (χ2v) is 4.38. The van der Waals surface area contributed by atoms with Crippen molar-refractivity contribution in [2.45, 2.75) is 6.17 Å². The molecule has 3 aromatic carbocycles. The van der Waals surface area contributed by atoms with Gasteiger partial charge in [0.25, 0.3) is 0 Å². The molecule has 1 N–H and O–H groups in total. The van der Waals surface area contributed by atoms with Crippen LogP contribution in [0.1, 0.15) is 11.7 Å². The SMILES string of the molecule is OCC(F)c1c2ccccc2cc2ccccc12. The Morgan fingerprint density at radius 2 is 1.39 bits per heavy atom. The van der Waals surface area contributed by atoms with Crippen molar-refractivity contribution in [3.63, 3.8) is 0 Å². The molecule has 0 fully saturated rings. The lowest BCUT2D eigenvalue weighted by Crippen LogP contribution is -1.99. The number of hydrogen-bond acceptors (Lipinski definition) is 1. The van der Waals surface area contributed by atoms with Crippen LogP contribution in [0.3, 0.4) is 0 Å². The number of alkyl halides is 1. The van der Waals surface area contributed by atoms with Gasteiger partial charge in [-0.25, -0.2) is 4.39 Å². The average molecular weight is 240 g/mol. The van der Waals surface area contributed by atoms with Crippen LogP contribution in [-0.2, 0) is 0 Å². The molecule has 3 rings (SSSR count). The fraction of sp³-hybridized carbons (Fsp3) is 0.125. The molecule has 1 unspecified atom stereocenters. The summed E-state index contributed by atoms with van der Waals surface area (Å²) < 4.78 is 14.1. The Morgan fingerprint density at radius 1 is 0.889 bits per heavy atom. The predicted molar refractivity (Wildman–Crippen MR) is 72.4 cm³/mol. The predicted octanol–water partition coefficient (Wildman–Crippen LogP) is 4.00. The van der Waals surface area contributed by atoms with E-state index in [0.717, 1.165) is 21.5 Å². The quantitative estimate of drug-likeness (QED) is 0.671. The maximum Gasteiger partial charge on any atom is 0.149 e. The summed E-state index contributed by atoms with van der Waals surface area (Å²) in [4.78, 5) is 0. The minimum Gasteiger partial charge on any atom is -0.393 e. The Labute approximate surface area is 104 Å². The third kappa shape index (κ3) is 1.66. The lowest BCUT2D eigenvalue weighted by molar-refractivity contribution is 0.182. The number of hydrogen-bond donors (Lipinski definition) is 1. The van der Waals surface area contributed by atoms with Gasteiger partial charge in [0.15, 0.2) is 0 Å². The van der Waals surface area contributed by atoms with Crippen LogP contribution in [0.4, 0.5) is 4.39 Å². The molecule has 0 saturated heterocycles. The highest BCUT2D eigenvalue weighted by molar-refractivity contribution is 6.02. The zero-order valence-corrected chi connectivity index (χ0v) is 9.81. The molecule has 0 radical (unpaired) electrons. The van der Waals surface area contributed by atoms with Gasteiger partial charge in [0.05, 0.1) is 6.61 Å². The largest absolute Gasteiger partial charge is 0.393 e. The molecule has 0 aliphatic carbocycles. The number of benzene rings is 3. The first kappa shape index (κ1) is 11.2. The molecule has 0 aromatic heterocycles. The standard InChI is InChI=1S/C16H13FO/c17-15(10-18)16-13-7-3-1-5-11(13)9-12-6-2-4-8-14(12)16/h1-9,15,18H,10H2. The van der Waals surface area contributed by atoms with E-state index in [4.69, 9.17) is 5.11 Å². The lowest BCUT2D eigenvalue weighted by Gasteiger charge is -2.13. The highest BCUT2D eigenvalue weighted by Gasteiger charge is 2.15. The van der Waals surface area contributed by atoms with Crippen LogP contribution < -0.4 is 0 Å². The van der Waals surface area contributed by atoms with Gasteiger partial charge < -0.3 is 5.11 Å². The van der Waals surface area contributed by atoms with Gasteiger partial charge in [0, 0.05) is 5.56 Å². The molecular weight excluding hydrogens is 227 g/mol. The summed E-state index contributed by atoms with van der Waals surface area (Å²) in [6.45, 7) is -0.488. The minimum atomic E-state index is -1.35. The van der Waals surface area contributed by atoms with Crippen LogP contribution in [0.2, 0.25) is 0 Å². The van der Waals surface area contributed by atoms with E-state index < -0.39 is 12.8 Å². The molecule has 1 atom stereocenters. The maximum atomic E-state index is 14.1. The molecule has 1 nitrogen and oxygen atoms in total. The van der Waals surface area contributed by atoms with Crippen molar-refractivity contribution in [3.05, 3.63) is 60.2 Å². The van der Waals surface area contributed by atoms with E-state index in [2.05, 4.69) is 6.07 Å². The average Bonchev–Trinajstić information content (AvgIpc) is 2.44. The van der Waals surface area contributed by atoms with Crippen LogP contribution in [0.25, 0.3) is 21.5 Å². The van der Waals surface area contributed by atoms with Crippen molar-refractivity contribution in [1.29, 1.82) is 0 Å². The fourth-order valence-electron chi connectivity index (χ4n) is 2.48. The zero-order valence-electron chi connectivity index (χ0n) is 9.81. The highest BCUT2D eigenvalue weighted by atomic mass is 19.1. The molecule has 18 heavy (non-hydrogen) atoms. The van der Waals surface area contributed by atoms with Gasteiger partial charge in [-0.05, 0) is 27.6 Å². The molecule has 0 aliphatic heterocycles. The summed E-state index contributed by atoms with van der Waals surface area (Å²) in [5.74, 6) is 0. The van der Waals surface area contributed by atoms with Gasteiger partial charge in [-0.15, -0.1) is 0 Å². The molecule has 0 aliphatic rings. The van der Waals surface area contributed by atoms with Crippen molar-refractivity contribution < 1.29 is 9.50 Å². The maximum absolute atomic E-state index is 14.1. The van der Waals surface area contributed by atoms with E-state index in [1.807, 2.05) is 48.5 Å². The first-order valence-electron chi connectivity index (χ1n) is 5.96. The summed E-state index contributed by atoms with van der Waals surface area (Å²) in [6, 6.07) is 17.5. The molecule has 0 amide bonds. The lowest BCUT2D eigenvalue weighted by atomic mass is 9.94. The molecule has 0 spiro atoms. The van der Waals surface area contributed by atoms with Crippen LogP contribution in [0.5, 0.6) is 0 Å². The zero-order chi connectivity index (χ0) is 12.5. The van der Waals surface area contributed by atoms with Crippen LogP contribution in [0, 0.1) is 0 Å². The summed E-state index contributed by atoms with van der Waals surface area (Å²) in [5.41, 5.74) is 0.589. The van der Waals surface area contributed by atoms with Gasteiger partial charge in [0.1, 0.15) is 6.17 Å². The van der Waals surface area contributed by atoms with E-state index in [0.29, 0.717) is 5.56 Å². The van der Waals surface area contributed by atoms with Crippen LogP contribution >= 0.6 is 0 Å². The minimum absolute atomic E-state index is 0.488. The first-order chi connectivity index (χ1) is 8.81. The summed E-state index contributed by atoms with van der Waals surface area (Å²) in [6.07, 6.45) is -1.35. The third-order valence-electron chi connectivity index (χ3n) is 3.29. The second kappa shape index (κ2) is 4.39. The topological polar surface area (TPSA) is 20.2 Å². The number of aliphatic hydroxyl groups is 1. The Kier molecular flexibility index (Phi) is 2.73. The van der Waals surface area contributed by atoms with Gasteiger partial charge in [-0.1, -0.05) is 48.5 Å². The normalized spacial score (nSPS) is 13.0.